The molecule has 2 unspecified atom stereocenters. The van der Waals surface area contributed by atoms with E-state index in [0.717, 1.165) is 36.0 Å². The Balaban J connectivity index is 1.81. The zero-order valence-corrected chi connectivity index (χ0v) is 23.2. The number of carboxylic acid groups (broad SMARTS) is 1. The molecule has 2 aromatic carbocycles. The van der Waals surface area contributed by atoms with E-state index in [9.17, 15) is 27.9 Å². The number of aliphatic carboxylic acids is 1. The predicted molar refractivity (Wildman–Crippen MR) is 146 cm³/mol. The maximum Gasteiger partial charge on any atom is 0.573 e. The van der Waals surface area contributed by atoms with Crippen molar-refractivity contribution < 1.29 is 32.6 Å². The summed E-state index contributed by atoms with van der Waals surface area (Å²) >= 11 is 0. The molecule has 0 radical (unpaired) electrons. The molecule has 39 heavy (non-hydrogen) atoms. The number of aryl methyl sites for hydroxylation is 1. The highest BCUT2D eigenvalue weighted by Crippen LogP contribution is 2.39. The van der Waals surface area contributed by atoms with Crippen molar-refractivity contribution in [3.8, 4) is 5.75 Å². The lowest BCUT2D eigenvalue weighted by Gasteiger charge is -2.30. The van der Waals surface area contributed by atoms with Crippen molar-refractivity contribution in [2.75, 3.05) is 0 Å². The molecule has 0 fully saturated rings. The third kappa shape index (κ3) is 9.26. The van der Waals surface area contributed by atoms with Crippen molar-refractivity contribution in [3.05, 3.63) is 76.9 Å². The van der Waals surface area contributed by atoms with Gasteiger partial charge in [0.15, 0.2) is 5.78 Å². The van der Waals surface area contributed by atoms with Gasteiger partial charge in [0.05, 0.1) is 0 Å². The zero-order valence-electron chi connectivity index (χ0n) is 23.2. The number of halogens is 3. The minimum atomic E-state index is -4.72. The second kappa shape index (κ2) is 12.8. The number of carboxylic acids is 1. The summed E-state index contributed by atoms with van der Waals surface area (Å²) in [5.41, 5.74) is 4.35. The molecule has 0 aromatic heterocycles. The zero-order chi connectivity index (χ0) is 28.8. The smallest absolute Gasteiger partial charge is 0.481 e. The van der Waals surface area contributed by atoms with Gasteiger partial charge in [0.1, 0.15) is 5.75 Å². The molecule has 212 valence electrons. The average Bonchev–Trinajstić information content (AvgIpc) is 2.83. The van der Waals surface area contributed by atoms with Crippen LogP contribution >= 0.6 is 0 Å². The second-order valence-corrected chi connectivity index (χ2v) is 11.7. The minimum absolute atomic E-state index is 0.0107. The monoisotopic (exact) mass is 544 g/mol. The molecule has 1 aliphatic carbocycles. The Kier molecular flexibility index (Phi) is 10.0. The van der Waals surface area contributed by atoms with E-state index in [1.165, 1.54) is 17.7 Å². The first-order valence-corrected chi connectivity index (χ1v) is 13.6. The van der Waals surface area contributed by atoms with E-state index in [2.05, 4.69) is 49.8 Å². The van der Waals surface area contributed by atoms with Crippen LogP contribution < -0.4 is 4.74 Å². The van der Waals surface area contributed by atoms with Gasteiger partial charge in [-0.2, -0.15) is 0 Å². The first-order chi connectivity index (χ1) is 18.2. The van der Waals surface area contributed by atoms with Crippen molar-refractivity contribution in [2.45, 2.75) is 90.3 Å². The molecule has 3 rings (SSSR count). The Bertz CT molecular complexity index is 1140. The highest BCUT2D eigenvalue weighted by atomic mass is 19.4. The first-order valence-electron chi connectivity index (χ1n) is 13.6. The van der Waals surface area contributed by atoms with E-state index in [4.69, 9.17) is 0 Å². The molecule has 0 saturated carbocycles. The fraction of sp³-hybridized carbons (Fsp3) is 0.500. The van der Waals surface area contributed by atoms with Crippen molar-refractivity contribution in [3.63, 3.8) is 0 Å². The lowest BCUT2D eigenvalue weighted by molar-refractivity contribution is -0.274. The van der Waals surface area contributed by atoms with Crippen LogP contribution in [0.15, 0.2) is 60.2 Å². The van der Waals surface area contributed by atoms with Crippen molar-refractivity contribution in [1.29, 1.82) is 0 Å². The number of allylic oxidation sites excluding steroid dienone is 2. The molecule has 3 atom stereocenters. The molecule has 0 saturated heterocycles. The molecule has 4 nitrogen and oxygen atoms in total. The molecule has 1 aliphatic rings. The predicted octanol–water partition coefficient (Wildman–Crippen LogP) is 8.40. The number of ether oxygens (including phenoxy) is 1. The number of hydrogen-bond acceptors (Lipinski definition) is 3. The molecule has 2 aromatic rings. The van der Waals surface area contributed by atoms with Crippen LogP contribution in [-0.4, -0.2) is 23.2 Å². The maximum atomic E-state index is 13.4. The summed E-state index contributed by atoms with van der Waals surface area (Å²) < 4.78 is 41.3. The molecule has 1 N–H and O–H groups in total. The van der Waals surface area contributed by atoms with Gasteiger partial charge >= 0.3 is 12.3 Å². The summed E-state index contributed by atoms with van der Waals surface area (Å²) in [5.74, 6) is -1.31. The quantitative estimate of drug-likeness (QED) is 0.344. The fourth-order valence-corrected chi connectivity index (χ4v) is 5.39. The molecule has 0 amide bonds. The Morgan fingerprint density at radius 1 is 0.974 bits per heavy atom. The van der Waals surface area contributed by atoms with E-state index >= 15 is 0 Å². The van der Waals surface area contributed by atoms with Gasteiger partial charge in [-0.3, -0.25) is 9.59 Å². The summed E-state index contributed by atoms with van der Waals surface area (Å²) in [5, 5.41) is 9.17. The SMILES string of the molecule is CC1CCC(c2ccc(C(C)(C)C)cc2)C(CCCc2ccc(OC(F)(F)F)cc2)=CC(=O)[C@@H]1CCC(=O)O. The van der Waals surface area contributed by atoms with Crippen LogP contribution in [0.3, 0.4) is 0 Å². The number of alkyl halides is 3. The van der Waals surface area contributed by atoms with Crippen molar-refractivity contribution in [1.82, 2.24) is 0 Å². The standard InChI is InChI=1S/C32H39F3O4/c1-21-8-17-28(23-11-13-25(14-12-23)31(2,3)4)24(20-29(36)27(21)18-19-30(37)38)7-5-6-22-9-15-26(16-10-22)39-32(33,34)35/h9-16,20-21,27-28H,5-8,17-19H2,1-4H3,(H,37,38)/t21?,27-,28?/m1/s1. The van der Waals surface area contributed by atoms with Gasteiger partial charge in [0, 0.05) is 18.3 Å². The lowest BCUT2D eigenvalue weighted by Crippen LogP contribution is -2.25. The number of carbonyl (C=O) groups is 2. The summed E-state index contributed by atoms with van der Waals surface area (Å²) in [4.78, 5) is 24.6. The van der Waals surface area contributed by atoms with Crippen LogP contribution in [0, 0.1) is 11.8 Å². The Labute approximate surface area is 229 Å². The van der Waals surface area contributed by atoms with Crippen molar-refractivity contribution >= 4 is 11.8 Å². The summed E-state index contributed by atoms with van der Waals surface area (Å²) in [7, 11) is 0. The summed E-state index contributed by atoms with van der Waals surface area (Å²) in [6.07, 6.45) is 1.05. The highest BCUT2D eigenvalue weighted by molar-refractivity contribution is 5.93. The Morgan fingerprint density at radius 3 is 2.18 bits per heavy atom. The van der Waals surface area contributed by atoms with E-state index in [1.54, 1.807) is 18.2 Å². The van der Waals surface area contributed by atoms with Crippen molar-refractivity contribution in [2.24, 2.45) is 11.8 Å². The van der Waals surface area contributed by atoms with Gasteiger partial charge < -0.3 is 9.84 Å². The van der Waals surface area contributed by atoms with Crippen LogP contribution in [0.25, 0.3) is 0 Å². The molecule has 0 aliphatic heterocycles. The summed E-state index contributed by atoms with van der Waals surface area (Å²) in [6, 6.07) is 14.5. The van der Waals surface area contributed by atoms with Gasteiger partial charge in [-0.25, -0.2) is 0 Å². The maximum absolute atomic E-state index is 13.4. The topological polar surface area (TPSA) is 63.6 Å². The lowest BCUT2D eigenvalue weighted by atomic mass is 9.74. The highest BCUT2D eigenvalue weighted by Gasteiger charge is 2.31. The molecule has 7 heteroatoms. The third-order valence-electron chi connectivity index (χ3n) is 7.67. The first kappa shape index (κ1) is 30.5. The number of carbonyl (C=O) groups excluding carboxylic acids is 1. The fourth-order valence-electron chi connectivity index (χ4n) is 5.39. The van der Waals surface area contributed by atoms with Crippen LogP contribution in [0.2, 0.25) is 0 Å². The minimum Gasteiger partial charge on any atom is -0.481 e. The Morgan fingerprint density at radius 2 is 1.62 bits per heavy atom. The Hall–Kier alpha value is -3.09. The van der Waals surface area contributed by atoms with Crippen LogP contribution in [0.1, 0.15) is 88.8 Å². The van der Waals surface area contributed by atoms with Crippen LogP contribution in [0.5, 0.6) is 5.75 Å². The van der Waals surface area contributed by atoms with Crippen LogP contribution in [0.4, 0.5) is 13.2 Å². The van der Waals surface area contributed by atoms with Gasteiger partial charge in [-0.15, -0.1) is 13.2 Å². The van der Waals surface area contributed by atoms with Crippen LogP contribution in [-0.2, 0) is 21.4 Å². The molecular formula is C32H39F3O4. The van der Waals surface area contributed by atoms with E-state index in [-0.39, 0.29) is 41.1 Å². The van der Waals surface area contributed by atoms with Gasteiger partial charge in [-0.05, 0) is 84.8 Å². The normalized spacial score (nSPS) is 20.6. The molecule has 0 spiro atoms. The van der Waals surface area contributed by atoms with Gasteiger partial charge in [-0.1, -0.05) is 69.7 Å². The second-order valence-electron chi connectivity index (χ2n) is 11.7. The number of benzene rings is 2. The third-order valence-corrected chi connectivity index (χ3v) is 7.67. The summed E-state index contributed by atoms with van der Waals surface area (Å²) in [6.45, 7) is 8.54. The van der Waals surface area contributed by atoms with Gasteiger partial charge in [0.25, 0.3) is 0 Å². The number of ketones is 1. The molecule has 0 heterocycles. The van der Waals surface area contributed by atoms with E-state index < -0.39 is 12.3 Å². The number of rotatable bonds is 9. The molecular weight excluding hydrogens is 505 g/mol. The number of hydrogen-bond donors (Lipinski definition) is 1. The van der Waals surface area contributed by atoms with E-state index in [0.29, 0.717) is 19.3 Å². The largest absolute Gasteiger partial charge is 0.573 e. The van der Waals surface area contributed by atoms with Gasteiger partial charge in [0.2, 0.25) is 0 Å². The van der Waals surface area contributed by atoms with E-state index in [1.807, 2.05) is 6.92 Å². The average molecular weight is 545 g/mol. The molecule has 0 bridgehead atoms.